The highest BCUT2D eigenvalue weighted by atomic mass is 14.9. The van der Waals surface area contributed by atoms with Crippen molar-refractivity contribution >= 4 is 0 Å². The molecule has 0 spiro atoms. The van der Waals surface area contributed by atoms with Crippen LogP contribution in [0.2, 0.25) is 0 Å². The van der Waals surface area contributed by atoms with Gasteiger partial charge in [-0.1, -0.05) is 13.8 Å². The van der Waals surface area contributed by atoms with Crippen LogP contribution < -0.4 is 5.32 Å². The van der Waals surface area contributed by atoms with E-state index in [-0.39, 0.29) is 0 Å². The Labute approximate surface area is 79.6 Å². The number of nitrogens with zero attached hydrogens (tertiary/aromatic N) is 2. The summed E-state index contributed by atoms with van der Waals surface area (Å²) in [5.41, 5.74) is 2.19. The molecule has 0 radical (unpaired) electrons. The summed E-state index contributed by atoms with van der Waals surface area (Å²) >= 11 is 0. The Balaban J connectivity index is 2.96. The van der Waals surface area contributed by atoms with Crippen LogP contribution in [0, 0.1) is 6.92 Å². The minimum Gasteiger partial charge on any atom is -0.314 e. The van der Waals surface area contributed by atoms with Crippen LogP contribution in [-0.2, 0) is 6.54 Å². The Morgan fingerprint density at radius 2 is 2.08 bits per heavy atom. The molecule has 3 nitrogen and oxygen atoms in total. The van der Waals surface area contributed by atoms with E-state index in [4.69, 9.17) is 0 Å². The lowest BCUT2D eigenvalue weighted by atomic mass is 10.1. The molecule has 0 unspecified atom stereocenters. The highest BCUT2D eigenvalue weighted by molar-refractivity contribution is 5.13. The van der Waals surface area contributed by atoms with E-state index in [0.29, 0.717) is 5.92 Å². The number of aryl methyl sites for hydroxylation is 1. The maximum absolute atomic E-state index is 4.38. The maximum Gasteiger partial charge on any atom is 0.125 e. The molecule has 0 aromatic carbocycles. The van der Waals surface area contributed by atoms with Gasteiger partial charge in [-0.05, 0) is 26.0 Å². The van der Waals surface area contributed by atoms with E-state index in [0.717, 1.165) is 23.8 Å². The van der Waals surface area contributed by atoms with E-state index < -0.39 is 0 Å². The van der Waals surface area contributed by atoms with Gasteiger partial charge in [-0.25, -0.2) is 9.97 Å². The molecule has 1 heterocycles. The van der Waals surface area contributed by atoms with Crippen molar-refractivity contribution in [2.45, 2.75) is 33.2 Å². The van der Waals surface area contributed by atoms with Crippen molar-refractivity contribution in [1.29, 1.82) is 0 Å². The number of aromatic nitrogens is 2. The Hall–Kier alpha value is -0.960. The van der Waals surface area contributed by atoms with E-state index in [1.54, 1.807) is 0 Å². The molecule has 0 atom stereocenters. The summed E-state index contributed by atoms with van der Waals surface area (Å²) in [5.74, 6) is 1.33. The minimum absolute atomic E-state index is 0.470. The van der Waals surface area contributed by atoms with Crippen molar-refractivity contribution < 1.29 is 0 Å². The van der Waals surface area contributed by atoms with Gasteiger partial charge in [0.2, 0.25) is 0 Å². The van der Waals surface area contributed by atoms with Gasteiger partial charge in [-0.3, -0.25) is 0 Å². The van der Waals surface area contributed by atoms with E-state index >= 15 is 0 Å². The molecule has 0 saturated heterocycles. The van der Waals surface area contributed by atoms with Crippen molar-refractivity contribution in [2.75, 3.05) is 7.05 Å². The van der Waals surface area contributed by atoms with Crippen LogP contribution in [0.5, 0.6) is 0 Å². The molecule has 72 valence electrons. The fraction of sp³-hybridized carbons (Fsp3) is 0.600. The van der Waals surface area contributed by atoms with Crippen molar-refractivity contribution in [1.82, 2.24) is 15.3 Å². The normalized spacial score (nSPS) is 10.8. The fourth-order valence-electron chi connectivity index (χ4n) is 1.22. The van der Waals surface area contributed by atoms with Gasteiger partial charge in [0, 0.05) is 12.2 Å². The third-order valence-electron chi connectivity index (χ3n) is 1.86. The summed E-state index contributed by atoms with van der Waals surface area (Å²) in [6.07, 6.45) is 0. The second kappa shape index (κ2) is 4.33. The van der Waals surface area contributed by atoms with Gasteiger partial charge in [-0.2, -0.15) is 0 Å². The van der Waals surface area contributed by atoms with Gasteiger partial charge in [-0.15, -0.1) is 0 Å². The Morgan fingerprint density at radius 1 is 1.38 bits per heavy atom. The average molecular weight is 179 g/mol. The van der Waals surface area contributed by atoms with Crippen molar-refractivity contribution in [2.24, 2.45) is 0 Å². The molecule has 3 heteroatoms. The average Bonchev–Trinajstić information content (AvgIpc) is 2.03. The molecule has 13 heavy (non-hydrogen) atoms. The van der Waals surface area contributed by atoms with Crippen molar-refractivity contribution in [3.05, 3.63) is 23.3 Å². The molecule has 0 saturated carbocycles. The van der Waals surface area contributed by atoms with E-state index in [9.17, 15) is 0 Å². The Kier molecular flexibility index (Phi) is 3.37. The lowest BCUT2D eigenvalue weighted by Crippen LogP contribution is -2.09. The zero-order valence-corrected chi connectivity index (χ0v) is 8.76. The van der Waals surface area contributed by atoms with Gasteiger partial charge < -0.3 is 5.32 Å². The molecule has 1 aromatic rings. The van der Waals surface area contributed by atoms with Crippen LogP contribution >= 0.6 is 0 Å². The molecule has 0 aliphatic rings. The van der Waals surface area contributed by atoms with Gasteiger partial charge >= 0.3 is 0 Å². The lowest BCUT2D eigenvalue weighted by molar-refractivity contribution is 0.746. The van der Waals surface area contributed by atoms with Crippen LogP contribution in [0.3, 0.4) is 0 Å². The standard InChI is InChI=1S/C10H17N3/c1-7(2)10-5-9(6-11-4)12-8(3)13-10/h5,7,11H,6H2,1-4H3. The van der Waals surface area contributed by atoms with Gasteiger partial charge in [0.05, 0.1) is 5.69 Å². The first kappa shape index (κ1) is 10.1. The predicted molar refractivity (Wildman–Crippen MR) is 53.6 cm³/mol. The highest BCUT2D eigenvalue weighted by Crippen LogP contribution is 2.12. The molecule has 0 aliphatic carbocycles. The lowest BCUT2D eigenvalue weighted by Gasteiger charge is -2.07. The van der Waals surface area contributed by atoms with Gasteiger partial charge in [0.15, 0.2) is 0 Å². The summed E-state index contributed by atoms with van der Waals surface area (Å²) in [4.78, 5) is 8.71. The number of hydrogen-bond acceptors (Lipinski definition) is 3. The maximum atomic E-state index is 4.38. The smallest absolute Gasteiger partial charge is 0.125 e. The molecule has 0 bridgehead atoms. The Bertz CT molecular complexity index is 281. The molecular formula is C10H17N3. The van der Waals surface area contributed by atoms with Crippen LogP contribution in [0.4, 0.5) is 0 Å². The molecule has 0 aliphatic heterocycles. The van der Waals surface area contributed by atoms with Crippen molar-refractivity contribution in [3.8, 4) is 0 Å². The summed E-state index contributed by atoms with van der Waals surface area (Å²) in [6, 6.07) is 2.06. The van der Waals surface area contributed by atoms with E-state index in [1.165, 1.54) is 0 Å². The van der Waals surface area contributed by atoms with Crippen LogP contribution in [-0.4, -0.2) is 17.0 Å². The zero-order chi connectivity index (χ0) is 9.84. The topological polar surface area (TPSA) is 37.8 Å². The first-order chi connectivity index (χ1) is 6.13. The van der Waals surface area contributed by atoms with Crippen LogP contribution in [0.15, 0.2) is 6.07 Å². The van der Waals surface area contributed by atoms with Gasteiger partial charge in [0.1, 0.15) is 5.82 Å². The monoisotopic (exact) mass is 179 g/mol. The molecule has 0 amide bonds. The number of rotatable bonds is 3. The zero-order valence-electron chi connectivity index (χ0n) is 8.76. The van der Waals surface area contributed by atoms with Crippen LogP contribution in [0.1, 0.15) is 37.0 Å². The second-order valence-electron chi connectivity index (χ2n) is 3.52. The first-order valence-electron chi connectivity index (χ1n) is 4.62. The largest absolute Gasteiger partial charge is 0.314 e. The van der Waals surface area contributed by atoms with E-state index in [1.807, 2.05) is 14.0 Å². The number of hydrogen-bond donors (Lipinski definition) is 1. The summed E-state index contributed by atoms with van der Waals surface area (Å²) in [7, 11) is 1.92. The minimum atomic E-state index is 0.470. The SMILES string of the molecule is CNCc1cc(C(C)C)nc(C)n1. The first-order valence-corrected chi connectivity index (χ1v) is 4.62. The quantitative estimate of drug-likeness (QED) is 0.766. The molecule has 1 N–H and O–H groups in total. The fourth-order valence-corrected chi connectivity index (χ4v) is 1.22. The van der Waals surface area contributed by atoms with Gasteiger partial charge in [0.25, 0.3) is 0 Å². The summed E-state index contributed by atoms with van der Waals surface area (Å²) < 4.78 is 0. The number of nitrogens with one attached hydrogen (secondary N) is 1. The molecule has 0 fully saturated rings. The molecule has 1 rings (SSSR count). The molecular weight excluding hydrogens is 162 g/mol. The molecule has 1 aromatic heterocycles. The summed E-state index contributed by atoms with van der Waals surface area (Å²) in [5, 5.41) is 3.09. The van der Waals surface area contributed by atoms with Crippen LogP contribution in [0.25, 0.3) is 0 Å². The summed E-state index contributed by atoms with van der Waals surface area (Å²) in [6.45, 7) is 7.03. The third-order valence-corrected chi connectivity index (χ3v) is 1.86. The van der Waals surface area contributed by atoms with E-state index in [2.05, 4.69) is 35.2 Å². The predicted octanol–water partition coefficient (Wildman–Crippen LogP) is 1.63. The third kappa shape index (κ3) is 2.77. The van der Waals surface area contributed by atoms with Crippen molar-refractivity contribution in [3.63, 3.8) is 0 Å². The Morgan fingerprint density at radius 3 is 2.62 bits per heavy atom. The second-order valence-corrected chi connectivity index (χ2v) is 3.52. The highest BCUT2D eigenvalue weighted by Gasteiger charge is 2.04.